The average Bonchev–Trinajstić information content (AvgIpc) is 3.02. The van der Waals surface area contributed by atoms with E-state index in [1.165, 1.54) is 18.1 Å². The predicted molar refractivity (Wildman–Crippen MR) is 90.9 cm³/mol. The maximum absolute atomic E-state index is 12.6. The second-order valence-electron chi connectivity index (χ2n) is 6.80. The molecule has 0 aliphatic carbocycles. The zero-order chi connectivity index (χ0) is 17.9. The number of aliphatic carboxylic acids is 1. The number of carboxylic acid groups (broad SMARTS) is 1. The quantitative estimate of drug-likeness (QED) is 0.914. The van der Waals surface area contributed by atoms with Gasteiger partial charge in [-0.25, -0.2) is 4.79 Å². The number of amides is 1. The van der Waals surface area contributed by atoms with Gasteiger partial charge < -0.3 is 10.0 Å². The van der Waals surface area contributed by atoms with E-state index in [2.05, 4.69) is 5.10 Å². The van der Waals surface area contributed by atoms with Crippen LogP contribution >= 0.6 is 0 Å². The van der Waals surface area contributed by atoms with Crippen LogP contribution in [0.15, 0.2) is 42.7 Å². The molecule has 1 aromatic carbocycles. The highest BCUT2D eigenvalue weighted by molar-refractivity contribution is 5.96. The van der Waals surface area contributed by atoms with E-state index in [1.807, 2.05) is 51.1 Å². The molecule has 0 aliphatic heterocycles. The van der Waals surface area contributed by atoms with E-state index in [-0.39, 0.29) is 17.9 Å². The van der Waals surface area contributed by atoms with Gasteiger partial charge in [-0.05, 0) is 26.3 Å². The van der Waals surface area contributed by atoms with Crippen molar-refractivity contribution in [3.63, 3.8) is 0 Å². The molecular formula is C18H23N3O3. The molecule has 24 heavy (non-hydrogen) atoms. The van der Waals surface area contributed by atoms with Gasteiger partial charge >= 0.3 is 5.97 Å². The Morgan fingerprint density at radius 3 is 2.38 bits per heavy atom. The normalized spacial score (nSPS) is 12.7. The summed E-state index contributed by atoms with van der Waals surface area (Å²) in [5, 5.41) is 13.7. The van der Waals surface area contributed by atoms with Crippen molar-refractivity contribution in [3.8, 4) is 0 Å². The summed E-state index contributed by atoms with van der Waals surface area (Å²) in [6.07, 6.45) is 3.39. The molecule has 0 radical (unpaired) electrons. The summed E-state index contributed by atoms with van der Waals surface area (Å²) in [6, 6.07) is 8.34. The summed E-state index contributed by atoms with van der Waals surface area (Å²) >= 11 is 0. The van der Waals surface area contributed by atoms with Crippen LogP contribution in [-0.2, 0) is 16.8 Å². The number of rotatable bonds is 5. The maximum atomic E-state index is 12.6. The minimum absolute atomic E-state index is 0.243. The van der Waals surface area contributed by atoms with Gasteiger partial charge in [-0.15, -0.1) is 0 Å². The van der Waals surface area contributed by atoms with Crippen molar-refractivity contribution in [2.24, 2.45) is 0 Å². The molecular weight excluding hydrogens is 306 g/mol. The van der Waals surface area contributed by atoms with Gasteiger partial charge in [0.1, 0.15) is 6.04 Å². The summed E-state index contributed by atoms with van der Waals surface area (Å²) in [5.41, 5.74) is 1.01. The van der Waals surface area contributed by atoms with Gasteiger partial charge in [-0.1, -0.05) is 30.3 Å². The minimum atomic E-state index is -1.03. The number of benzene rings is 1. The van der Waals surface area contributed by atoms with Crippen molar-refractivity contribution < 1.29 is 14.7 Å². The van der Waals surface area contributed by atoms with Gasteiger partial charge in [0.25, 0.3) is 5.91 Å². The molecule has 1 heterocycles. The van der Waals surface area contributed by atoms with E-state index >= 15 is 0 Å². The summed E-state index contributed by atoms with van der Waals surface area (Å²) < 4.78 is 1.70. The molecule has 1 atom stereocenters. The van der Waals surface area contributed by atoms with Gasteiger partial charge in [0, 0.05) is 19.7 Å². The Morgan fingerprint density at radius 1 is 1.25 bits per heavy atom. The molecule has 0 aliphatic rings. The molecule has 1 aromatic heterocycles. The number of hydrogen-bond acceptors (Lipinski definition) is 3. The van der Waals surface area contributed by atoms with E-state index < -0.39 is 12.0 Å². The lowest BCUT2D eigenvalue weighted by molar-refractivity contribution is -0.141. The number of aromatic nitrogens is 2. The molecule has 0 saturated carbocycles. The zero-order valence-corrected chi connectivity index (χ0v) is 14.4. The highest BCUT2D eigenvalue weighted by atomic mass is 16.4. The first-order valence-electron chi connectivity index (χ1n) is 7.79. The fraction of sp³-hybridized carbons (Fsp3) is 0.389. The Balaban J connectivity index is 2.20. The molecule has 0 bridgehead atoms. The Labute approximate surface area is 141 Å². The van der Waals surface area contributed by atoms with Crippen LogP contribution in [0.2, 0.25) is 0 Å². The van der Waals surface area contributed by atoms with Gasteiger partial charge in [0.15, 0.2) is 0 Å². The molecule has 6 nitrogen and oxygen atoms in total. The number of carbonyl (C=O) groups is 2. The van der Waals surface area contributed by atoms with E-state index in [0.717, 1.165) is 5.56 Å². The van der Waals surface area contributed by atoms with Gasteiger partial charge in [-0.3, -0.25) is 9.48 Å². The second-order valence-corrected chi connectivity index (χ2v) is 6.80. The topological polar surface area (TPSA) is 75.4 Å². The van der Waals surface area contributed by atoms with Crippen molar-refractivity contribution in [2.45, 2.75) is 38.8 Å². The van der Waals surface area contributed by atoms with Crippen LogP contribution < -0.4 is 0 Å². The van der Waals surface area contributed by atoms with Crippen molar-refractivity contribution in [2.75, 3.05) is 7.05 Å². The van der Waals surface area contributed by atoms with E-state index in [9.17, 15) is 14.7 Å². The third kappa shape index (κ3) is 4.01. The monoisotopic (exact) mass is 329 g/mol. The van der Waals surface area contributed by atoms with Crippen molar-refractivity contribution >= 4 is 11.9 Å². The SMILES string of the molecule is CN(C(=O)c1cnn(C(C)(C)C)c1)C(Cc1ccccc1)C(=O)O. The molecule has 0 spiro atoms. The summed E-state index contributed by atoms with van der Waals surface area (Å²) in [7, 11) is 1.51. The van der Waals surface area contributed by atoms with E-state index in [4.69, 9.17) is 0 Å². The predicted octanol–water partition coefficient (Wildman–Crippen LogP) is 2.41. The van der Waals surface area contributed by atoms with E-state index in [1.54, 1.807) is 10.9 Å². The van der Waals surface area contributed by atoms with Crippen LogP contribution in [0.25, 0.3) is 0 Å². The lowest BCUT2D eigenvalue weighted by atomic mass is 10.0. The molecule has 128 valence electrons. The average molecular weight is 329 g/mol. The Kier molecular flexibility index (Phi) is 5.07. The van der Waals surface area contributed by atoms with Gasteiger partial charge in [-0.2, -0.15) is 5.10 Å². The van der Waals surface area contributed by atoms with Crippen LogP contribution in [0.5, 0.6) is 0 Å². The van der Waals surface area contributed by atoms with Crippen LogP contribution in [0.3, 0.4) is 0 Å². The number of nitrogens with zero attached hydrogens (tertiary/aromatic N) is 3. The van der Waals surface area contributed by atoms with Crippen molar-refractivity contribution in [3.05, 3.63) is 53.9 Å². The van der Waals surface area contributed by atoms with Crippen molar-refractivity contribution in [1.82, 2.24) is 14.7 Å². The zero-order valence-electron chi connectivity index (χ0n) is 14.4. The molecule has 0 saturated heterocycles. The van der Waals surface area contributed by atoms with Crippen LogP contribution in [0.4, 0.5) is 0 Å². The van der Waals surface area contributed by atoms with E-state index in [0.29, 0.717) is 5.56 Å². The van der Waals surface area contributed by atoms with Crippen LogP contribution in [0, 0.1) is 0 Å². The fourth-order valence-electron chi connectivity index (χ4n) is 2.37. The first-order valence-corrected chi connectivity index (χ1v) is 7.79. The lowest BCUT2D eigenvalue weighted by Gasteiger charge is -2.24. The highest BCUT2D eigenvalue weighted by Crippen LogP contribution is 2.16. The van der Waals surface area contributed by atoms with Gasteiger partial charge in [0.05, 0.1) is 17.3 Å². The van der Waals surface area contributed by atoms with Crippen molar-refractivity contribution in [1.29, 1.82) is 0 Å². The minimum Gasteiger partial charge on any atom is -0.480 e. The number of carboxylic acids is 1. The molecule has 1 amide bonds. The first kappa shape index (κ1) is 17.7. The molecule has 2 aromatic rings. The lowest BCUT2D eigenvalue weighted by Crippen LogP contribution is -2.43. The number of carbonyl (C=O) groups excluding carboxylic acids is 1. The molecule has 2 rings (SSSR count). The Morgan fingerprint density at radius 2 is 1.88 bits per heavy atom. The molecule has 0 fully saturated rings. The number of hydrogen-bond donors (Lipinski definition) is 1. The maximum Gasteiger partial charge on any atom is 0.326 e. The number of likely N-dealkylation sites (N-methyl/N-ethyl adjacent to an activating group) is 1. The van der Waals surface area contributed by atoms with Crippen LogP contribution in [-0.4, -0.2) is 44.8 Å². The smallest absolute Gasteiger partial charge is 0.326 e. The first-order chi connectivity index (χ1) is 11.2. The largest absolute Gasteiger partial charge is 0.480 e. The molecule has 1 N–H and O–H groups in total. The standard InChI is InChI=1S/C18H23N3O3/c1-18(2,3)21-12-14(11-19-21)16(22)20(4)15(17(23)24)10-13-8-6-5-7-9-13/h5-9,11-12,15H,10H2,1-4H3,(H,23,24). The second kappa shape index (κ2) is 6.86. The molecule has 1 unspecified atom stereocenters. The Hall–Kier alpha value is -2.63. The van der Waals surface area contributed by atoms with Gasteiger partial charge in [0.2, 0.25) is 0 Å². The third-order valence-corrected chi connectivity index (χ3v) is 3.86. The summed E-state index contributed by atoms with van der Waals surface area (Å²) in [6.45, 7) is 5.94. The highest BCUT2D eigenvalue weighted by Gasteiger charge is 2.28. The summed E-state index contributed by atoms with van der Waals surface area (Å²) in [4.78, 5) is 25.5. The Bertz CT molecular complexity index is 717. The third-order valence-electron chi connectivity index (χ3n) is 3.86. The van der Waals surface area contributed by atoms with Crippen LogP contribution in [0.1, 0.15) is 36.7 Å². The molecule has 6 heteroatoms. The fourth-order valence-corrected chi connectivity index (χ4v) is 2.37. The summed E-state index contributed by atoms with van der Waals surface area (Å²) in [5.74, 6) is -1.38.